The molecule has 1 aromatic rings. The van der Waals surface area contributed by atoms with Crippen molar-refractivity contribution in [2.45, 2.75) is 25.3 Å². The van der Waals surface area contributed by atoms with Crippen LogP contribution < -0.4 is 16.4 Å². The van der Waals surface area contributed by atoms with Crippen molar-refractivity contribution >= 4 is 23.3 Å². The van der Waals surface area contributed by atoms with Gasteiger partial charge < -0.3 is 16.4 Å². The van der Waals surface area contributed by atoms with Crippen molar-refractivity contribution in [3.05, 3.63) is 28.8 Å². The lowest BCUT2D eigenvalue weighted by Gasteiger charge is -2.26. The smallest absolute Gasteiger partial charge is 0.319 e. The van der Waals surface area contributed by atoms with Crippen molar-refractivity contribution in [2.24, 2.45) is 5.73 Å². The second-order valence-electron chi connectivity index (χ2n) is 4.43. The monoisotopic (exact) mass is 277 g/mol. The maximum atomic E-state index is 11.7. The zero-order valence-corrected chi connectivity index (χ0v) is 11.3. The molecule has 1 aliphatic rings. The fourth-order valence-corrected chi connectivity index (χ4v) is 1.92. The van der Waals surface area contributed by atoms with Gasteiger partial charge in [-0.3, -0.25) is 0 Å². The van der Waals surface area contributed by atoms with Crippen molar-refractivity contribution in [2.75, 3.05) is 11.9 Å². The van der Waals surface area contributed by atoms with E-state index in [0.29, 0.717) is 22.3 Å². The average Bonchev–Trinajstić information content (AvgIpc) is 2.34. The van der Waals surface area contributed by atoms with Crippen LogP contribution in [0.25, 0.3) is 0 Å². The maximum absolute atomic E-state index is 11.7. The van der Waals surface area contributed by atoms with Crippen LogP contribution in [0.2, 0.25) is 5.02 Å². The number of carbonyl (C=O) groups excluding carboxylic acids is 1. The number of anilines is 1. The molecule has 2 amide bonds. The Morgan fingerprint density at radius 3 is 2.89 bits per heavy atom. The molecule has 0 aliphatic heterocycles. The third-order valence-corrected chi connectivity index (χ3v) is 3.32. The van der Waals surface area contributed by atoms with Gasteiger partial charge in [-0.25, -0.2) is 4.79 Å². The average molecular weight is 278 g/mol. The minimum atomic E-state index is -0.190. The Balaban J connectivity index is 2.01. The number of hydrogen-bond donors (Lipinski definition) is 3. The molecule has 19 heavy (non-hydrogen) atoms. The number of hydrogen-bond acceptors (Lipinski definition) is 2. The molecule has 0 aromatic heterocycles. The van der Waals surface area contributed by atoms with Gasteiger partial charge in [-0.15, -0.1) is 0 Å². The molecule has 1 aromatic carbocycles. The van der Waals surface area contributed by atoms with E-state index in [1.54, 1.807) is 18.2 Å². The zero-order valence-electron chi connectivity index (χ0n) is 10.5. The topological polar surface area (TPSA) is 67.1 Å². The lowest BCUT2D eigenvalue weighted by molar-refractivity contribution is 0.240. The van der Waals surface area contributed by atoms with Gasteiger partial charge in [-0.1, -0.05) is 23.4 Å². The molecular formula is C14H16ClN3O. The number of nitrogens with one attached hydrogen (secondary N) is 2. The van der Waals surface area contributed by atoms with Gasteiger partial charge in [0.1, 0.15) is 0 Å². The first kappa shape index (κ1) is 13.7. The van der Waals surface area contributed by atoms with E-state index in [9.17, 15) is 4.79 Å². The van der Waals surface area contributed by atoms with E-state index in [-0.39, 0.29) is 12.6 Å². The van der Waals surface area contributed by atoms with Gasteiger partial charge in [0.25, 0.3) is 0 Å². The van der Waals surface area contributed by atoms with E-state index in [1.807, 2.05) is 0 Å². The van der Waals surface area contributed by atoms with Gasteiger partial charge in [-0.05, 0) is 37.5 Å². The third kappa shape index (κ3) is 3.88. The standard InChI is InChI=1S/C14H16ClN3O/c15-13-7-6-12(9-10(13)3-2-8-16)18-14(19)17-11-4-1-5-11/h6-7,9,11H,1,4-5,8,16H2,(H2,17,18,19). The minimum Gasteiger partial charge on any atom is -0.335 e. The van der Waals surface area contributed by atoms with Crippen LogP contribution in [0, 0.1) is 11.8 Å². The largest absolute Gasteiger partial charge is 0.335 e. The summed E-state index contributed by atoms with van der Waals surface area (Å²) in [5.41, 5.74) is 6.66. The summed E-state index contributed by atoms with van der Waals surface area (Å²) in [6.07, 6.45) is 3.30. The quantitative estimate of drug-likeness (QED) is 0.726. The maximum Gasteiger partial charge on any atom is 0.319 e. The van der Waals surface area contributed by atoms with Crippen LogP contribution in [0.3, 0.4) is 0 Å². The summed E-state index contributed by atoms with van der Waals surface area (Å²) in [6.45, 7) is 0.274. The highest BCUT2D eigenvalue weighted by atomic mass is 35.5. The predicted molar refractivity (Wildman–Crippen MR) is 77.2 cm³/mol. The summed E-state index contributed by atoms with van der Waals surface area (Å²) < 4.78 is 0. The van der Waals surface area contributed by atoms with Crippen molar-refractivity contribution in [1.29, 1.82) is 0 Å². The van der Waals surface area contributed by atoms with E-state index in [4.69, 9.17) is 17.3 Å². The lowest BCUT2D eigenvalue weighted by Crippen LogP contribution is -2.41. The number of nitrogens with two attached hydrogens (primary N) is 1. The molecule has 0 heterocycles. The first-order valence-electron chi connectivity index (χ1n) is 6.25. The number of amides is 2. The molecule has 0 bridgehead atoms. The van der Waals surface area contributed by atoms with Gasteiger partial charge in [0.05, 0.1) is 11.6 Å². The molecule has 4 N–H and O–H groups in total. The van der Waals surface area contributed by atoms with E-state index >= 15 is 0 Å². The summed E-state index contributed by atoms with van der Waals surface area (Å²) in [4.78, 5) is 11.7. The molecule has 100 valence electrons. The highest BCUT2D eigenvalue weighted by molar-refractivity contribution is 6.31. The van der Waals surface area contributed by atoms with Gasteiger partial charge in [-0.2, -0.15) is 0 Å². The highest BCUT2D eigenvalue weighted by Gasteiger charge is 2.19. The van der Waals surface area contributed by atoms with Crippen LogP contribution in [0.5, 0.6) is 0 Å². The predicted octanol–water partition coefficient (Wildman–Crippen LogP) is 2.32. The van der Waals surface area contributed by atoms with Crippen LogP contribution in [0.1, 0.15) is 24.8 Å². The van der Waals surface area contributed by atoms with Gasteiger partial charge in [0.15, 0.2) is 0 Å². The molecule has 0 radical (unpaired) electrons. The molecule has 0 unspecified atom stereocenters. The second-order valence-corrected chi connectivity index (χ2v) is 4.83. The van der Waals surface area contributed by atoms with Crippen LogP contribution in [0.15, 0.2) is 18.2 Å². The Bertz CT molecular complexity index is 529. The molecule has 1 aliphatic carbocycles. The molecule has 5 heteroatoms. The SMILES string of the molecule is NCC#Cc1cc(NC(=O)NC2CCC2)ccc1Cl. The number of urea groups is 1. The Hall–Kier alpha value is -1.70. The first-order chi connectivity index (χ1) is 9.19. The number of rotatable bonds is 2. The van der Waals surface area contributed by atoms with Crippen LogP contribution in [0.4, 0.5) is 10.5 Å². The van der Waals surface area contributed by atoms with Crippen molar-refractivity contribution in [3.8, 4) is 11.8 Å². The number of carbonyl (C=O) groups is 1. The van der Waals surface area contributed by atoms with Crippen molar-refractivity contribution in [3.63, 3.8) is 0 Å². The Morgan fingerprint density at radius 1 is 1.47 bits per heavy atom. The van der Waals surface area contributed by atoms with Crippen molar-refractivity contribution in [1.82, 2.24) is 5.32 Å². The van der Waals surface area contributed by atoms with Crippen LogP contribution in [-0.4, -0.2) is 18.6 Å². The molecule has 1 fully saturated rings. The number of halogens is 1. The molecule has 1 saturated carbocycles. The van der Waals surface area contributed by atoms with Gasteiger partial charge in [0, 0.05) is 17.3 Å². The molecule has 0 spiro atoms. The molecule has 0 atom stereocenters. The van der Waals surface area contributed by atoms with Gasteiger partial charge >= 0.3 is 6.03 Å². The summed E-state index contributed by atoms with van der Waals surface area (Å²) in [6, 6.07) is 5.32. The fraction of sp³-hybridized carbons (Fsp3) is 0.357. The molecule has 0 saturated heterocycles. The molecular weight excluding hydrogens is 262 g/mol. The van der Waals surface area contributed by atoms with Crippen LogP contribution >= 0.6 is 11.6 Å². The van der Waals surface area contributed by atoms with E-state index in [0.717, 1.165) is 12.8 Å². The summed E-state index contributed by atoms with van der Waals surface area (Å²) in [5, 5.41) is 6.23. The summed E-state index contributed by atoms with van der Waals surface area (Å²) in [7, 11) is 0. The Kier molecular flexibility index (Phi) is 4.67. The Morgan fingerprint density at radius 2 is 2.26 bits per heavy atom. The second kappa shape index (κ2) is 6.46. The van der Waals surface area contributed by atoms with E-state index in [1.165, 1.54) is 6.42 Å². The minimum absolute atomic E-state index is 0.190. The lowest BCUT2D eigenvalue weighted by atomic mass is 9.93. The first-order valence-corrected chi connectivity index (χ1v) is 6.63. The van der Waals surface area contributed by atoms with Gasteiger partial charge in [0.2, 0.25) is 0 Å². The summed E-state index contributed by atoms with van der Waals surface area (Å²) >= 11 is 6.01. The normalized spacial score (nSPS) is 14.0. The molecule has 2 rings (SSSR count). The zero-order chi connectivity index (χ0) is 13.7. The van der Waals surface area contributed by atoms with E-state index < -0.39 is 0 Å². The van der Waals surface area contributed by atoms with Crippen LogP contribution in [-0.2, 0) is 0 Å². The van der Waals surface area contributed by atoms with Crippen molar-refractivity contribution < 1.29 is 4.79 Å². The fourth-order valence-electron chi connectivity index (χ4n) is 1.75. The summed E-state index contributed by atoms with van der Waals surface area (Å²) in [5.74, 6) is 5.61. The third-order valence-electron chi connectivity index (χ3n) is 2.99. The Labute approximate surface area is 117 Å². The highest BCUT2D eigenvalue weighted by Crippen LogP contribution is 2.21. The molecule has 4 nitrogen and oxygen atoms in total. The van der Waals surface area contributed by atoms with E-state index in [2.05, 4.69) is 22.5 Å². The number of benzene rings is 1.